The van der Waals surface area contributed by atoms with E-state index in [9.17, 15) is 18.0 Å². The highest BCUT2D eigenvalue weighted by molar-refractivity contribution is 7.92. The minimum atomic E-state index is -4.24. The van der Waals surface area contributed by atoms with Crippen molar-refractivity contribution >= 4 is 27.5 Å². The lowest BCUT2D eigenvalue weighted by atomic mass is 10.1. The zero-order chi connectivity index (χ0) is 28.7. The minimum Gasteiger partial charge on any atom is -0.497 e. The second kappa shape index (κ2) is 12.7. The molecule has 0 unspecified atom stereocenters. The number of sulfonamides is 1. The minimum absolute atomic E-state index is 0.00959. The Morgan fingerprint density at radius 2 is 1.62 bits per heavy atom. The Labute approximate surface area is 230 Å². The first kappa shape index (κ1) is 29.5. The van der Waals surface area contributed by atoms with Crippen molar-refractivity contribution in [3.63, 3.8) is 0 Å². The van der Waals surface area contributed by atoms with Gasteiger partial charge in [0.25, 0.3) is 10.0 Å². The molecule has 0 aliphatic rings. The number of carbonyl (C=O) groups is 2. The highest BCUT2D eigenvalue weighted by atomic mass is 32.2. The Kier molecular flexibility index (Phi) is 9.58. The summed E-state index contributed by atoms with van der Waals surface area (Å²) in [6.45, 7) is 4.93. The maximum Gasteiger partial charge on any atom is 0.264 e. The number of aryl methyl sites for hydroxylation is 2. The van der Waals surface area contributed by atoms with Gasteiger partial charge < -0.3 is 19.7 Å². The van der Waals surface area contributed by atoms with E-state index in [-0.39, 0.29) is 28.8 Å². The van der Waals surface area contributed by atoms with Crippen LogP contribution >= 0.6 is 0 Å². The Balaban J connectivity index is 2.13. The molecule has 2 amide bonds. The number of carbonyl (C=O) groups excluding carboxylic acids is 2. The Morgan fingerprint density at radius 3 is 2.21 bits per heavy atom. The summed E-state index contributed by atoms with van der Waals surface area (Å²) in [6, 6.07) is 17.8. The molecular formula is C29H35N3O6S. The summed E-state index contributed by atoms with van der Waals surface area (Å²) < 4.78 is 39.8. The molecule has 9 nitrogen and oxygen atoms in total. The first-order valence-electron chi connectivity index (χ1n) is 12.4. The van der Waals surface area contributed by atoms with E-state index in [1.54, 1.807) is 31.2 Å². The molecule has 3 aromatic carbocycles. The van der Waals surface area contributed by atoms with E-state index in [1.165, 1.54) is 44.4 Å². The van der Waals surface area contributed by atoms with E-state index in [0.717, 1.165) is 21.0 Å². The molecule has 3 aromatic rings. The molecule has 3 rings (SSSR count). The molecular weight excluding hydrogens is 518 g/mol. The summed E-state index contributed by atoms with van der Waals surface area (Å²) in [5.74, 6) is -0.308. The van der Waals surface area contributed by atoms with Crippen molar-refractivity contribution in [2.45, 2.75) is 38.3 Å². The van der Waals surface area contributed by atoms with Gasteiger partial charge in [-0.3, -0.25) is 13.9 Å². The second-order valence-electron chi connectivity index (χ2n) is 9.16. The number of amides is 2. The molecule has 39 heavy (non-hydrogen) atoms. The lowest BCUT2D eigenvalue weighted by molar-refractivity contribution is -0.139. The highest BCUT2D eigenvalue weighted by Gasteiger charge is 2.34. The summed E-state index contributed by atoms with van der Waals surface area (Å²) in [7, 11) is 0.132. The monoisotopic (exact) mass is 553 g/mol. The van der Waals surface area contributed by atoms with Gasteiger partial charge in [0.2, 0.25) is 11.8 Å². The van der Waals surface area contributed by atoms with Crippen molar-refractivity contribution in [1.29, 1.82) is 0 Å². The molecule has 1 N–H and O–H groups in total. The number of anilines is 1. The summed E-state index contributed by atoms with van der Waals surface area (Å²) in [4.78, 5) is 27.9. The number of rotatable bonds is 11. The Morgan fingerprint density at radius 1 is 0.923 bits per heavy atom. The van der Waals surface area contributed by atoms with E-state index >= 15 is 0 Å². The fraction of sp³-hybridized carbons (Fsp3) is 0.310. The predicted molar refractivity (Wildman–Crippen MR) is 151 cm³/mol. The van der Waals surface area contributed by atoms with Crippen LogP contribution in [0.4, 0.5) is 5.69 Å². The number of hydrogen-bond acceptors (Lipinski definition) is 6. The summed E-state index contributed by atoms with van der Waals surface area (Å²) in [5, 5.41) is 2.58. The van der Waals surface area contributed by atoms with Crippen LogP contribution in [0.15, 0.2) is 71.6 Å². The molecule has 0 saturated heterocycles. The van der Waals surface area contributed by atoms with Crippen LogP contribution in [0.5, 0.6) is 11.5 Å². The Hall–Kier alpha value is -4.05. The third-order valence-corrected chi connectivity index (χ3v) is 8.17. The zero-order valence-corrected chi connectivity index (χ0v) is 23.9. The van der Waals surface area contributed by atoms with Crippen molar-refractivity contribution in [1.82, 2.24) is 10.2 Å². The van der Waals surface area contributed by atoms with Gasteiger partial charge in [-0.2, -0.15) is 0 Å². The Bertz CT molecular complexity index is 1420. The lowest BCUT2D eigenvalue weighted by Gasteiger charge is -2.32. The predicted octanol–water partition coefficient (Wildman–Crippen LogP) is 3.68. The highest BCUT2D eigenvalue weighted by Crippen LogP contribution is 2.36. The first-order valence-corrected chi connectivity index (χ1v) is 13.8. The number of nitrogens with one attached hydrogen (secondary N) is 1. The van der Waals surface area contributed by atoms with Crippen LogP contribution in [0.2, 0.25) is 0 Å². The third kappa shape index (κ3) is 6.88. The van der Waals surface area contributed by atoms with Crippen LogP contribution < -0.4 is 19.1 Å². The number of hydrogen-bond donors (Lipinski definition) is 1. The van der Waals surface area contributed by atoms with Gasteiger partial charge >= 0.3 is 0 Å². The van der Waals surface area contributed by atoms with Crippen LogP contribution in [-0.4, -0.2) is 59.0 Å². The fourth-order valence-corrected chi connectivity index (χ4v) is 5.56. The molecule has 0 radical (unpaired) electrons. The molecule has 1 atom stereocenters. The molecule has 0 aliphatic heterocycles. The summed E-state index contributed by atoms with van der Waals surface area (Å²) >= 11 is 0. The first-order chi connectivity index (χ1) is 18.5. The van der Waals surface area contributed by atoms with Gasteiger partial charge in [0, 0.05) is 19.7 Å². The number of methoxy groups -OCH3 is 2. The quantitative estimate of drug-likeness (QED) is 0.389. The van der Waals surface area contributed by atoms with Gasteiger partial charge in [0.15, 0.2) is 0 Å². The molecule has 0 aromatic heterocycles. The number of likely N-dealkylation sites (N-methyl/N-ethyl adjacent to an activating group) is 1. The maximum atomic E-state index is 14.0. The van der Waals surface area contributed by atoms with E-state index < -0.39 is 28.5 Å². The van der Waals surface area contributed by atoms with Crippen LogP contribution in [0.1, 0.15) is 23.6 Å². The lowest BCUT2D eigenvalue weighted by Crippen LogP contribution is -2.50. The average Bonchev–Trinajstić information content (AvgIpc) is 2.93. The summed E-state index contributed by atoms with van der Waals surface area (Å²) in [5.41, 5.74) is 2.83. The van der Waals surface area contributed by atoms with Crippen LogP contribution in [-0.2, 0) is 26.2 Å². The average molecular weight is 554 g/mol. The third-order valence-electron chi connectivity index (χ3n) is 6.39. The zero-order valence-electron chi connectivity index (χ0n) is 23.1. The SMILES string of the molecule is CNC(=O)[C@@H](C)N(Cc1cccc(C)c1)C(=O)CN(c1cc(OC)ccc1OC)S(=O)(=O)c1ccc(C)cc1. The van der Waals surface area contributed by atoms with Gasteiger partial charge in [0.05, 0.1) is 24.8 Å². The fourth-order valence-electron chi connectivity index (χ4n) is 4.14. The van der Waals surface area contributed by atoms with Crippen molar-refractivity contribution in [3.8, 4) is 11.5 Å². The van der Waals surface area contributed by atoms with Crippen molar-refractivity contribution < 1.29 is 27.5 Å². The number of nitrogens with zero attached hydrogens (tertiary/aromatic N) is 2. The van der Waals surface area contributed by atoms with E-state index in [0.29, 0.717) is 5.75 Å². The summed E-state index contributed by atoms with van der Waals surface area (Å²) in [6.07, 6.45) is 0. The molecule has 0 bridgehead atoms. The van der Waals surface area contributed by atoms with E-state index in [1.807, 2.05) is 38.1 Å². The smallest absolute Gasteiger partial charge is 0.264 e. The molecule has 208 valence electrons. The van der Waals surface area contributed by atoms with E-state index in [4.69, 9.17) is 9.47 Å². The largest absolute Gasteiger partial charge is 0.497 e. The molecule has 0 spiro atoms. The number of ether oxygens (including phenoxy) is 2. The van der Waals surface area contributed by atoms with Crippen molar-refractivity contribution in [2.75, 3.05) is 32.1 Å². The standard InChI is InChI=1S/C29H35N3O6S/c1-20-10-13-25(14-11-20)39(35,36)32(26-17-24(37-5)12-15-27(26)38-6)19-28(33)31(22(3)29(34)30-4)18-23-9-7-8-21(2)16-23/h7-17,22H,18-19H2,1-6H3,(H,30,34)/t22-/m1/s1. The molecule has 0 fully saturated rings. The van der Waals surface area contributed by atoms with Crippen molar-refractivity contribution in [3.05, 3.63) is 83.4 Å². The van der Waals surface area contributed by atoms with Gasteiger partial charge in [-0.25, -0.2) is 8.42 Å². The normalized spacial score (nSPS) is 11.8. The van der Waals surface area contributed by atoms with Crippen LogP contribution in [0, 0.1) is 13.8 Å². The molecule has 0 heterocycles. The molecule has 0 saturated carbocycles. The number of benzene rings is 3. The van der Waals surface area contributed by atoms with Crippen LogP contribution in [0.25, 0.3) is 0 Å². The maximum absolute atomic E-state index is 14.0. The van der Waals surface area contributed by atoms with E-state index in [2.05, 4.69) is 5.32 Å². The topological polar surface area (TPSA) is 105 Å². The molecule has 0 aliphatic carbocycles. The van der Waals surface area contributed by atoms with Gasteiger partial charge in [-0.15, -0.1) is 0 Å². The van der Waals surface area contributed by atoms with Gasteiger partial charge in [-0.05, 0) is 50.6 Å². The molecule has 10 heteroatoms. The second-order valence-corrected chi connectivity index (χ2v) is 11.0. The van der Waals surface area contributed by atoms with Gasteiger partial charge in [-0.1, -0.05) is 47.5 Å². The van der Waals surface area contributed by atoms with Crippen LogP contribution in [0.3, 0.4) is 0 Å². The van der Waals surface area contributed by atoms with Crippen molar-refractivity contribution in [2.24, 2.45) is 0 Å². The van der Waals surface area contributed by atoms with Gasteiger partial charge in [0.1, 0.15) is 24.1 Å².